The van der Waals surface area contributed by atoms with Gasteiger partial charge in [-0.2, -0.15) is 0 Å². The van der Waals surface area contributed by atoms with Gasteiger partial charge < -0.3 is 34.9 Å². The molecule has 0 fully saturated rings. The molecule has 3 heterocycles. The van der Waals surface area contributed by atoms with Crippen LogP contribution < -0.4 is 20.7 Å². The third kappa shape index (κ3) is 15.1. The Labute approximate surface area is 416 Å². The number of amidine groups is 3. The number of aryl methyl sites for hydroxylation is 1. The molecule has 0 saturated carbocycles. The Balaban J connectivity index is 0.000000149. The van der Waals surface area contributed by atoms with Crippen molar-refractivity contribution in [1.29, 1.82) is 0 Å². The van der Waals surface area contributed by atoms with Gasteiger partial charge in [0.15, 0.2) is 0 Å². The van der Waals surface area contributed by atoms with E-state index < -0.39 is 0 Å². The zero-order valence-corrected chi connectivity index (χ0v) is 41.3. The van der Waals surface area contributed by atoms with Crippen LogP contribution >= 0.6 is 50.7 Å². The minimum Gasteiger partial charge on any atom is -0.496 e. The van der Waals surface area contributed by atoms with Crippen LogP contribution in [0.2, 0.25) is 15.1 Å². The fraction of sp³-hybridized carbons (Fsp3) is 0.264. The molecular formula is C53H54BrCl3N6O4. The van der Waals surface area contributed by atoms with Crippen molar-refractivity contribution in [2.45, 2.75) is 44.3 Å². The first-order valence-corrected chi connectivity index (χ1v) is 24.1. The van der Waals surface area contributed by atoms with Gasteiger partial charge in [0.1, 0.15) is 25.6 Å². The molecule has 0 saturated heterocycles. The largest absolute Gasteiger partial charge is 0.496 e. The highest BCUT2D eigenvalue weighted by atomic mass is 79.9. The number of halogens is 4. The third-order valence-electron chi connectivity index (χ3n) is 11.1. The van der Waals surface area contributed by atoms with E-state index in [1.165, 1.54) is 16.7 Å². The molecule has 6 aromatic carbocycles. The third-order valence-corrected chi connectivity index (χ3v) is 12.6. The summed E-state index contributed by atoms with van der Waals surface area (Å²) in [7, 11) is 1.69. The summed E-state index contributed by atoms with van der Waals surface area (Å²) in [5.41, 5.74) is 8.26. The lowest BCUT2D eigenvalue weighted by atomic mass is 9.96. The van der Waals surface area contributed by atoms with Gasteiger partial charge in [0.05, 0.1) is 44.9 Å². The van der Waals surface area contributed by atoms with E-state index >= 15 is 0 Å². The summed E-state index contributed by atoms with van der Waals surface area (Å²) in [6.45, 7) is 6.16. The molecule has 0 aromatic heterocycles. The minimum absolute atomic E-state index is 0.00171. The van der Waals surface area contributed by atoms with Crippen LogP contribution in [0.3, 0.4) is 0 Å². The van der Waals surface area contributed by atoms with Crippen molar-refractivity contribution in [2.75, 3.05) is 46.6 Å². The predicted octanol–water partition coefficient (Wildman–Crippen LogP) is 11.9. The smallest absolute Gasteiger partial charge is 0.285 e. The van der Waals surface area contributed by atoms with Gasteiger partial charge in [0.2, 0.25) is 0 Å². The fourth-order valence-electron chi connectivity index (χ4n) is 7.68. The Morgan fingerprint density at radius 1 is 0.507 bits per heavy atom. The molecule has 348 valence electrons. The molecular weight excluding hydrogens is 971 g/mol. The maximum absolute atomic E-state index is 6.15. The Kier molecular flexibility index (Phi) is 18.7. The maximum atomic E-state index is 6.15. The number of methoxy groups -OCH3 is 1. The van der Waals surface area contributed by atoms with Crippen molar-refractivity contribution in [3.63, 3.8) is 0 Å². The van der Waals surface area contributed by atoms with Gasteiger partial charge in [0, 0.05) is 26.0 Å². The standard InChI is InChI=1S/C18H19ClN2O2.C18H19ClN2O.C17H16BrClN2O/c1-22-17-8-3-2-5-14(17)12-16(21-18-20-9-10-23-18)13-6-4-7-15(19)11-13;1-13-5-2-3-6-14(13)12-17(21-18-20-9-10-22-18)15-7-4-8-16(19)11-15;18-15-7-2-1-4-12(15)11-16(21-17-20-8-9-22-17)13-5-3-6-14(19)10-13/h2-8,11,16H,9-10,12H2,1H3,(H,20,21);2-8,11,17H,9-10,12H2,1H3,(H,20,21);1-7,10,16H,8-9,11H2,(H,20,21). The first-order valence-electron chi connectivity index (χ1n) is 22.2. The van der Waals surface area contributed by atoms with E-state index in [9.17, 15) is 0 Å². The quantitative estimate of drug-likeness (QED) is 0.106. The summed E-state index contributed by atoms with van der Waals surface area (Å²) in [6, 6.07) is 50.3. The lowest BCUT2D eigenvalue weighted by molar-refractivity contribution is 0.324. The number of ether oxygens (including phenoxy) is 4. The summed E-state index contributed by atoms with van der Waals surface area (Å²) in [4.78, 5) is 13.0. The highest BCUT2D eigenvalue weighted by Gasteiger charge is 2.21. The number of rotatable bonds is 13. The Bertz CT molecular complexity index is 2530. The molecule has 3 aliphatic heterocycles. The van der Waals surface area contributed by atoms with Crippen molar-refractivity contribution in [2.24, 2.45) is 15.0 Å². The summed E-state index contributed by atoms with van der Waals surface area (Å²) in [5, 5.41) is 12.3. The normalized spacial score (nSPS) is 15.0. The van der Waals surface area contributed by atoms with Crippen molar-refractivity contribution in [1.82, 2.24) is 16.0 Å². The monoisotopic (exact) mass is 1020 g/mol. The topological polar surface area (TPSA) is 110 Å². The average Bonchev–Trinajstić information content (AvgIpc) is 4.17. The molecule has 3 atom stereocenters. The van der Waals surface area contributed by atoms with E-state index in [1.807, 2.05) is 91.0 Å². The molecule has 67 heavy (non-hydrogen) atoms. The molecule has 0 amide bonds. The van der Waals surface area contributed by atoms with Gasteiger partial charge >= 0.3 is 0 Å². The molecule has 3 N–H and O–H groups in total. The second kappa shape index (κ2) is 25.4. The molecule has 0 bridgehead atoms. The van der Waals surface area contributed by atoms with E-state index in [-0.39, 0.29) is 18.1 Å². The van der Waals surface area contributed by atoms with E-state index in [0.29, 0.717) is 56.0 Å². The number of aliphatic imine (C=N–C) groups is 3. The second-order valence-corrected chi connectivity index (χ2v) is 18.0. The highest BCUT2D eigenvalue weighted by molar-refractivity contribution is 9.10. The molecule has 0 aliphatic carbocycles. The maximum Gasteiger partial charge on any atom is 0.285 e. The Hall–Kier alpha value is -5.72. The fourth-order valence-corrected chi connectivity index (χ4v) is 8.72. The summed E-state index contributed by atoms with van der Waals surface area (Å²) >= 11 is 22.1. The SMILES string of the molecule is COc1ccccc1CC(NC1=NCCO1)c1cccc(Cl)c1.Cc1ccccc1CC(NC1=NCCO1)c1cccc(Cl)c1.Clc1cccc(C(Cc2ccccc2Br)NC2=NCCO2)c1. The molecule has 0 radical (unpaired) electrons. The molecule has 0 spiro atoms. The number of nitrogens with zero attached hydrogens (tertiary/aromatic N) is 3. The van der Waals surface area contributed by atoms with Gasteiger partial charge in [-0.25, -0.2) is 15.0 Å². The predicted molar refractivity (Wildman–Crippen MR) is 276 cm³/mol. The zero-order valence-electron chi connectivity index (χ0n) is 37.4. The van der Waals surface area contributed by atoms with E-state index in [4.69, 9.17) is 53.8 Å². The van der Waals surface area contributed by atoms with Crippen molar-refractivity contribution in [3.05, 3.63) is 204 Å². The summed E-state index contributed by atoms with van der Waals surface area (Å²) in [6.07, 6.45) is 2.41. The number of hydrogen-bond acceptors (Lipinski definition) is 10. The Morgan fingerprint density at radius 3 is 1.30 bits per heavy atom. The van der Waals surface area contributed by atoms with Crippen molar-refractivity contribution >= 4 is 68.8 Å². The van der Waals surface area contributed by atoms with Crippen LogP contribution in [0.1, 0.15) is 57.1 Å². The molecule has 9 rings (SSSR count). The number of hydrogen-bond donors (Lipinski definition) is 3. The minimum atomic E-state index is 0.00171. The summed E-state index contributed by atoms with van der Waals surface area (Å²) in [5.74, 6) is 0.871. The Morgan fingerprint density at radius 2 is 0.896 bits per heavy atom. The van der Waals surface area contributed by atoms with E-state index in [2.05, 4.69) is 108 Å². The van der Waals surface area contributed by atoms with Crippen LogP contribution in [-0.4, -0.2) is 64.6 Å². The first kappa shape index (κ1) is 49.2. The van der Waals surface area contributed by atoms with Crippen LogP contribution in [0.4, 0.5) is 0 Å². The lowest BCUT2D eigenvalue weighted by Gasteiger charge is -2.21. The van der Waals surface area contributed by atoms with Crippen molar-refractivity contribution in [3.8, 4) is 5.75 Å². The number of para-hydroxylation sites is 1. The number of benzene rings is 6. The first-order chi connectivity index (χ1) is 32.7. The van der Waals surface area contributed by atoms with Gasteiger partial charge in [-0.1, -0.05) is 148 Å². The van der Waals surface area contributed by atoms with Gasteiger partial charge in [0.25, 0.3) is 18.1 Å². The summed E-state index contributed by atoms with van der Waals surface area (Å²) < 4.78 is 23.1. The molecule has 14 heteroatoms. The van der Waals surface area contributed by atoms with Crippen LogP contribution in [0.15, 0.2) is 165 Å². The van der Waals surface area contributed by atoms with E-state index in [0.717, 1.165) is 68.3 Å². The second-order valence-electron chi connectivity index (χ2n) is 15.8. The van der Waals surface area contributed by atoms with Gasteiger partial charge in [-0.15, -0.1) is 0 Å². The van der Waals surface area contributed by atoms with Crippen LogP contribution in [0.5, 0.6) is 5.75 Å². The zero-order chi connectivity index (χ0) is 46.8. The van der Waals surface area contributed by atoms with Gasteiger partial charge in [-0.05, 0) is 107 Å². The van der Waals surface area contributed by atoms with Crippen LogP contribution in [0, 0.1) is 6.92 Å². The highest BCUT2D eigenvalue weighted by Crippen LogP contribution is 2.29. The average molecular weight is 1030 g/mol. The van der Waals surface area contributed by atoms with E-state index in [1.54, 1.807) is 7.11 Å². The molecule has 6 aromatic rings. The van der Waals surface area contributed by atoms with Gasteiger partial charge in [-0.3, -0.25) is 0 Å². The lowest BCUT2D eigenvalue weighted by Crippen LogP contribution is -2.30. The van der Waals surface area contributed by atoms with Crippen molar-refractivity contribution < 1.29 is 18.9 Å². The molecule has 3 aliphatic rings. The van der Waals surface area contributed by atoms with Crippen LogP contribution in [-0.2, 0) is 33.5 Å². The number of nitrogens with one attached hydrogen (secondary N) is 3. The molecule has 3 unspecified atom stereocenters. The molecule has 10 nitrogen and oxygen atoms in total. The van der Waals surface area contributed by atoms with Crippen LogP contribution in [0.25, 0.3) is 0 Å².